The molecule has 19 heavy (non-hydrogen) atoms. The van der Waals surface area contributed by atoms with Crippen molar-refractivity contribution >= 4 is 5.84 Å². The average molecular weight is 265 g/mol. The Morgan fingerprint density at radius 2 is 2.21 bits per heavy atom. The number of aromatic nitrogens is 1. The van der Waals surface area contributed by atoms with Gasteiger partial charge in [-0.3, -0.25) is 0 Å². The fourth-order valence-corrected chi connectivity index (χ4v) is 1.78. The van der Waals surface area contributed by atoms with Crippen molar-refractivity contribution in [3.8, 4) is 5.88 Å². The van der Waals surface area contributed by atoms with Crippen molar-refractivity contribution in [1.82, 2.24) is 4.98 Å². The third-order valence-corrected chi connectivity index (χ3v) is 2.93. The van der Waals surface area contributed by atoms with E-state index in [1.807, 2.05) is 6.92 Å². The van der Waals surface area contributed by atoms with Gasteiger partial charge in [0.1, 0.15) is 0 Å². The molecule has 1 rings (SSSR count). The van der Waals surface area contributed by atoms with Gasteiger partial charge in [0.25, 0.3) is 0 Å². The van der Waals surface area contributed by atoms with Gasteiger partial charge in [0.2, 0.25) is 5.88 Å². The molecule has 1 unspecified atom stereocenters. The second kappa shape index (κ2) is 8.34. The van der Waals surface area contributed by atoms with Crippen LogP contribution in [0.2, 0.25) is 0 Å². The van der Waals surface area contributed by atoms with E-state index in [0.29, 0.717) is 11.4 Å². The summed E-state index contributed by atoms with van der Waals surface area (Å²) in [5.74, 6) is 0.615. The molecule has 5 nitrogen and oxygen atoms in total. The van der Waals surface area contributed by atoms with Gasteiger partial charge in [0.15, 0.2) is 5.84 Å². The smallest absolute Gasteiger partial charge is 0.213 e. The van der Waals surface area contributed by atoms with Crippen LogP contribution in [0.15, 0.2) is 23.5 Å². The zero-order chi connectivity index (χ0) is 14.1. The molecule has 1 aromatic rings. The fourth-order valence-electron chi connectivity index (χ4n) is 1.78. The largest absolute Gasteiger partial charge is 0.475 e. The van der Waals surface area contributed by atoms with Crippen LogP contribution in [0.4, 0.5) is 0 Å². The van der Waals surface area contributed by atoms with Crippen molar-refractivity contribution in [3.63, 3.8) is 0 Å². The molecule has 0 aliphatic rings. The lowest BCUT2D eigenvalue weighted by atomic mass is 10.1. The Hall–Kier alpha value is -1.78. The van der Waals surface area contributed by atoms with Crippen molar-refractivity contribution in [2.75, 3.05) is 0 Å². The van der Waals surface area contributed by atoms with Gasteiger partial charge in [-0.15, -0.1) is 0 Å². The van der Waals surface area contributed by atoms with Crippen LogP contribution in [0.5, 0.6) is 5.88 Å². The Morgan fingerprint density at radius 1 is 1.42 bits per heavy atom. The highest BCUT2D eigenvalue weighted by Crippen LogP contribution is 2.13. The van der Waals surface area contributed by atoms with Gasteiger partial charge in [-0.2, -0.15) is 0 Å². The predicted octanol–water partition coefficient (Wildman–Crippen LogP) is 2.91. The Labute approximate surface area is 114 Å². The fraction of sp³-hybridized carbons (Fsp3) is 0.571. The zero-order valence-corrected chi connectivity index (χ0v) is 11.7. The number of unbranched alkanes of at least 4 members (excludes halogenated alkanes) is 3. The molecule has 0 saturated carbocycles. The molecule has 0 aliphatic carbocycles. The maximum Gasteiger partial charge on any atom is 0.213 e. The quantitative estimate of drug-likeness (QED) is 0.249. The summed E-state index contributed by atoms with van der Waals surface area (Å²) in [6.07, 6.45) is 7.67. The van der Waals surface area contributed by atoms with E-state index in [2.05, 4.69) is 17.1 Å². The molecule has 0 bridgehead atoms. The number of pyridine rings is 1. The number of hydrogen-bond acceptors (Lipinski definition) is 4. The number of rotatable bonds is 8. The van der Waals surface area contributed by atoms with Crippen LogP contribution in [-0.2, 0) is 0 Å². The first kappa shape index (κ1) is 15.3. The number of oxime groups is 1. The van der Waals surface area contributed by atoms with Crippen LogP contribution in [0.3, 0.4) is 0 Å². The molecular formula is C14H23N3O2. The van der Waals surface area contributed by atoms with Gasteiger partial charge in [-0.1, -0.05) is 31.3 Å². The third kappa shape index (κ3) is 5.59. The molecule has 3 N–H and O–H groups in total. The predicted molar refractivity (Wildman–Crippen MR) is 75.6 cm³/mol. The lowest BCUT2D eigenvalue weighted by Gasteiger charge is -2.13. The van der Waals surface area contributed by atoms with E-state index >= 15 is 0 Å². The molecule has 0 fully saturated rings. The topological polar surface area (TPSA) is 80.7 Å². The summed E-state index contributed by atoms with van der Waals surface area (Å²) in [4.78, 5) is 4.14. The summed E-state index contributed by atoms with van der Waals surface area (Å²) in [6, 6.07) is 3.46. The van der Waals surface area contributed by atoms with Gasteiger partial charge in [-0.25, -0.2) is 4.98 Å². The van der Waals surface area contributed by atoms with Crippen LogP contribution in [0.1, 0.15) is 51.5 Å². The molecule has 0 radical (unpaired) electrons. The minimum atomic E-state index is 0.0478. The van der Waals surface area contributed by atoms with Crippen molar-refractivity contribution in [1.29, 1.82) is 0 Å². The first-order valence-electron chi connectivity index (χ1n) is 6.78. The monoisotopic (exact) mass is 265 g/mol. The molecule has 5 heteroatoms. The van der Waals surface area contributed by atoms with E-state index in [1.165, 1.54) is 31.9 Å². The average Bonchev–Trinajstić information content (AvgIpc) is 2.43. The zero-order valence-electron chi connectivity index (χ0n) is 11.7. The lowest BCUT2D eigenvalue weighted by molar-refractivity contribution is 0.198. The third-order valence-electron chi connectivity index (χ3n) is 2.93. The maximum absolute atomic E-state index is 8.55. The highest BCUT2D eigenvalue weighted by atomic mass is 16.5. The van der Waals surface area contributed by atoms with E-state index in [4.69, 9.17) is 15.7 Å². The lowest BCUT2D eigenvalue weighted by Crippen LogP contribution is -2.15. The molecule has 0 aliphatic heterocycles. The molecular weight excluding hydrogens is 242 g/mol. The van der Waals surface area contributed by atoms with E-state index < -0.39 is 0 Å². The minimum Gasteiger partial charge on any atom is -0.475 e. The van der Waals surface area contributed by atoms with Crippen LogP contribution < -0.4 is 10.5 Å². The normalized spacial score (nSPS) is 13.3. The minimum absolute atomic E-state index is 0.0478. The van der Waals surface area contributed by atoms with Gasteiger partial charge < -0.3 is 15.7 Å². The van der Waals surface area contributed by atoms with E-state index in [9.17, 15) is 0 Å². The molecule has 0 amide bonds. The molecule has 1 aromatic heterocycles. The number of hydrogen-bond donors (Lipinski definition) is 2. The Balaban J connectivity index is 2.40. The first-order chi connectivity index (χ1) is 9.17. The Kier molecular flexibility index (Phi) is 6.71. The highest BCUT2D eigenvalue weighted by molar-refractivity contribution is 5.96. The van der Waals surface area contributed by atoms with Gasteiger partial charge in [-0.05, 0) is 25.8 Å². The van der Waals surface area contributed by atoms with E-state index in [1.54, 1.807) is 12.1 Å². The second-order valence-corrected chi connectivity index (χ2v) is 4.65. The van der Waals surface area contributed by atoms with E-state index in [-0.39, 0.29) is 11.9 Å². The maximum atomic E-state index is 8.55. The van der Waals surface area contributed by atoms with E-state index in [0.717, 1.165) is 6.42 Å². The molecule has 0 aromatic carbocycles. The SMILES string of the molecule is CCCCCCC(C)Oc1ccc(/C(N)=N/O)cn1. The van der Waals surface area contributed by atoms with Crippen molar-refractivity contribution in [2.45, 2.75) is 52.1 Å². The van der Waals surface area contributed by atoms with Crippen molar-refractivity contribution in [3.05, 3.63) is 23.9 Å². The van der Waals surface area contributed by atoms with Gasteiger partial charge in [0, 0.05) is 17.8 Å². The van der Waals surface area contributed by atoms with Crippen LogP contribution in [0, 0.1) is 0 Å². The second-order valence-electron chi connectivity index (χ2n) is 4.65. The number of ether oxygens (including phenoxy) is 1. The Morgan fingerprint density at radius 3 is 2.79 bits per heavy atom. The summed E-state index contributed by atoms with van der Waals surface area (Å²) in [5, 5.41) is 11.5. The van der Waals surface area contributed by atoms with Crippen LogP contribution in [0.25, 0.3) is 0 Å². The molecule has 106 valence electrons. The number of nitrogens with two attached hydrogens (primary N) is 1. The summed E-state index contributed by atoms with van der Waals surface area (Å²) < 4.78 is 5.71. The molecule has 1 atom stereocenters. The van der Waals surface area contributed by atoms with Crippen LogP contribution >= 0.6 is 0 Å². The summed E-state index contributed by atoms with van der Waals surface area (Å²) >= 11 is 0. The summed E-state index contributed by atoms with van der Waals surface area (Å²) in [5.41, 5.74) is 6.03. The number of amidine groups is 1. The molecule has 0 saturated heterocycles. The first-order valence-corrected chi connectivity index (χ1v) is 6.78. The van der Waals surface area contributed by atoms with Gasteiger partial charge in [0.05, 0.1) is 6.10 Å². The molecule has 1 heterocycles. The van der Waals surface area contributed by atoms with Crippen molar-refractivity contribution in [2.24, 2.45) is 10.9 Å². The molecule has 0 spiro atoms. The van der Waals surface area contributed by atoms with Gasteiger partial charge >= 0.3 is 0 Å². The van der Waals surface area contributed by atoms with Crippen molar-refractivity contribution < 1.29 is 9.94 Å². The number of nitrogens with zero attached hydrogens (tertiary/aromatic N) is 2. The standard InChI is InChI=1S/C14H23N3O2/c1-3-4-5-6-7-11(2)19-13-9-8-12(10-16-13)14(15)17-18/h8-11,18H,3-7H2,1-2H3,(H2,15,17). The summed E-state index contributed by atoms with van der Waals surface area (Å²) in [7, 11) is 0. The summed E-state index contributed by atoms with van der Waals surface area (Å²) in [6.45, 7) is 4.25. The van der Waals surface area contributed by atoms with Crippen LogP contribution in [-0.4, -0.2) is 22.1 Å². The highest BCUT2D eigenvalue weighted by Gasteiger charge is 2.06. The Bertz CT molecular complexity index is 390.